The molecule has 0 aliphatic rings. The zero-order valence-corrected chi connectivity index (χ0v) is 21.1. The minimum absolute atomic E-state index is 0.294. The molecule has 188 valence electrons. The molecule has 0 unspecified atom stereocenters. The molecule has 0 aliphatic heterocycles. The summed E-state index contributed by atoms with van der Waals surface area (Å²) >= 11 is 5.54. The van der Waals surface area contributed by atoms with Crippen molar-refractivity contribution in [2.45, 2.75) is 51.9 Å². The van der Waals surface area contributed by atoms with Gasteiger partial charge in [-0.25, -0.2) is 13.2 Å². The number of unbranched alkanes of at least 4 members (excludes halogenated alkanes) is 4. The number of rotatable bonds is 11. The van der Waals surface area contributed by atoms with Crippen molar-refractivity contribution < 1.29 is 17.9 Å². The summed E-state index contributed by atoms with van der Waals surface area (Å²) in [6, 6.07) is 15.3. The first-order valence-electron chi connectivity index (χ1n) is 12.4. The van der Waals surface area contributed by atoms with Gasteiger partial charge < -0.3 is 4.74 Å². The lowest BCUT2D eigenvalue weighted by Gasteiger charge is -2.10. The van der Waals surface area contributed by atoms with E-state index in [9.17, 15) is 8.78 Å². The first-order valence-corrected chi connectivity index (χ1v) is 12.8. The van der Waals surface area contributed by atoms with Crippen molar-refractivity contribution in [3.05, 3.63) is 94.4 Å². The van der Waals surface area contributed by atoms with Gasteiger partial charge in [-0.15, -0.1) is 0 Å². The maximum Gasteiger partial charge on any atom is 0.145 e. The Morgan fingerprint density at radius 2 is 1.61 bits per heavy atom. The van der Waals surface area contributed by atoms with Crippen LogP contribution in [-0.2, 0) is 12.8 Å². The maximum atomic E-state index is 15.2. The monoisotopic (exact) mass is 511 g/mol. The highest BCUT2D eigenvalue weighted by atomic mass is 35.5. The van der Waals surface area contributed by atoms with E-state index < -0.39 is 16.7 Å². The van der Waals surface area contributed by atoms with Crippen LogP contribution in [0.25, 0.3) is 22.0 Å². The Labute approximate surface area is 215 Å². The van der Waals surface area contributed by atoms with E-state index in [2.05, 4.69) is 11.9 Å². The van der Waals surface area contributed by atoms with Crippen molar-refractivity contribution in [1.82, 2.24) is 4.98 Å². The smallest absolute Gasteiger partial charge is 0.145 e. The second-order valence-electron chi connectivity index (χ2n) is 8.99. The summed E-state index contributed by atoms with van der Waals surface area (Å²) in [6.07, 6.45) is 8.26. The highest BCUT2D eigenvalue weighted by Gasteiger charge is 2.12. The molecule has 3 aromatic carbocycles. The van der Waals surface area contributed by atoms with Crippen molar-refractivity contribution in [3.63, 3.8) is 0 Å². The molecular weight excluding hydrogens is 483 g/mol. The molecule has 0 amide bonds. The zero-order chi connectivity index (χ0) is 25.5. The predicted octanol–water partition coefficient (Wildman–Crippen LogP) is 9.11. The number of halogens is 4. The van der Waals surface area contributed by atoms with Crippen LogP contribution in [0, 0.1) is 17.5 Å². The average Bonchev–Trinajstić information content (AvgIpc) is 2.89. The Balaban J connectivity index is 1.41. The predicted molar refractivity (Wildman–Crippen MR) is 140 cm³/mol. The van der Waals surface area contributed by atoms with Crippen LogP contribution in [0.1, 0.15) is 50.2 Å². The van der Waals surface area contributed by atoms with Crippen LogP contribution in [0.4, 0.5) is 13.2 Å². The molecule has 0 atom stereocenters. The number of aromatic nitrogens is 1. The minimum atomic E-state index is -0.811. The van der Waals surface area contributed by atoms with Crippen LogP contribution in [-0.4, -0.2) is 11.6 Å². The third-order valence-electron chi connectivity index (χ3n) is 6.31. The van der Waals surface area contributed by atoms with Gasteiger partial charge in [-0.2, -0.15) is 0 Å². The largest absolute Gasteiger partial charge is 0.492 e. The lowest BCUT2D eigenvalue weighted by atomic mass is 9.98. The molecule has 0 bridgehead atoms. The summed E-state index contributed by atoms with van der Waals surface area (Å²) in [5.74, 6) is -1.21. The third kappa shape index (κ3) is 6.38. The van der Waals surface area contributed by atoms with Crippen molar-refractivity contribution >= 4 is 22.4 Å². The number of nitrogens with zero attached hydrogens (tertiary/aromatic N) is 1. The fourth-order valence-corrected chi connectivity index (χ4v) is 4.36. The van der Waals surface area contributed by atoms with Gasteiger partial charge in [0.15, 0.2) is 0 Å². The highest BCUT2D eigenvalue weighted by Crippen LogP contribution is 2.28. The summed E-state index contributed by atoms with van der Waals surface area (Å²) in [4.78, 5) is 4.52. The number of pyridine rings is 1. The molecular formula is C30H29ClF3NO. The summed E-state index contributed by atoms with van der Waals surface area (Å²) < 4.78 is 48.4. The van der Waals surface area contributed by atoms with Crippen LogP contribution < -0.4 is 4.74 Å². The van der Waals surface area contributed by atoms with Gasteiger partial charge in [0, 0.05) is 10.9 Å². The van der Waals surface area contributed by atoms with Crippen molar-refractivity contribution in [3.8, 4) is 17.0 Å². The summed E-state index contributed by atoms with van der Waals surface area (Å²) in [7, 11) is 0. The van der Waals surface area contributed by atoms with Crippen LogP contribution >= 0.6 is 11.6 Å². The van der Waals surface area contributed by atoms with Gasteiger partial charge in [0.25, 0.3) is 0 Å². The number of fused-ring (bicyclic) bond motifs is 1. The van der Waals surface area contributed by atoms with E-state index in [0.717, 1.165) is 28.8 Å². The SMILES string of the molecule is CCCCCCCOc1ccc(-c2ccc3c(F)c(CCc4cc(F)c(Cl)c(F)c4)ccc3c2)nc1. The van der Waals surface area contributed by atoms with Crippen LogP contribution in [0.5, 0.6) is 5.75 Å². The number of benzene rings is 3. The fraction of sp³-hybridized carbons (Fsp3) is 0.300. The average molecular weight is 512 g/mol. The van der Waals surface area contributed by atoms with Gasteiger partial charge in [0.2, 0.25) is 0 Å². The molecule has 0 radical (unpaired) electrons. The highest BCUT2D eigenvalue weighted by molar-refractivity contribution is 6.30. The normalized spacial score (nSPS) is 11.2. The first-order chi connectivity index (χ1) is 17.5. The summed E-state index contributed by atoms with van der Waals surface area (Å²) in [6.45, 7) is 2.88. The van der Waals surface area contributed by atoms with Crippen molar-refractivity contribution in [2.75, 3.05) is 6.61 Å². The first kappa shape index (κ1) is 26.0. The molecule has 6 heteroatoms. The zero-order valence-electron chi connectivity index (χ0n) is 20.3. The van der Waals surface area contributed by atoms with Crippen LogP contribution in [0.3, 0.4) is 0 Å². The molecule has 0 saturated carbocycles. The lowest BCUT2D eigenvalue weighted by molar-refractivity contribution is 0.303. The number of aryl methyl sites for hydroxylation is 2. The van der Waals surface area contributed by atoms with Gasteiger partial charge in [-0.3, -0.25) is 4.98 Å². The molecule has 0 saturated heterocycles. The molecule has 36 heavy (non-hydrogen) atoms. The number of ether oxygens (including phenoxy) is 1. The van der Waals surface area contributed by atoms with E-state index in [1.165, 1.54) is 37.8 Å². The lowest BCUT2D eigenvalue weighted by Crippen LogP contribution is -1.98. The van der Waals surface area contributed by atoms with E-state index in [1.807, 2.05) is 30.3 Å². The van der Waals surface area contributed by atoms with Crippen LogP contribution in [0.15, 0.2) is 60.8 Å². The molecule has 4 aromatic rings. The van der Waals surface area contributed by atoms with E-state index in [0.29, 0.717) is 36.0 Å². The molecule has 4 rings (SSSR count). The molecule has 0 N–H and O–H groups in total. The second kappa shape index (κ2) is 12.3. The maximum absolute atomic E-state index is 15.2. The van der Waals surface area contributed by atoms with Gasteiger partial charge in [0.05, 0.1) is 18.5 Å². The second-order valence-corrected chi connectivity index (χ2v) is 9.37. The summed E-state index contributed by atoms with van der Waals surface area (Å²) in [5, 5.41) is 0.722. The third-order valence-corrected chi connectivity index (χ3v) is 6.67. The van der Waals surface area contributed by atoms with Gasteiger partial charge >= 0.3 is 0 Å². The molecule has 1 heterocycles. The van der Waals surface area contributed by atoms with Crippen molar-refractivity contribution in [1.29, 1.82) is 0 Å². The number of hydrogen-bond donors (Lipinski definition) is 0. The quantitative estimate of drug-likeness (QED) is 0.148. The molecule has 0 aliphatic carbocycles. The fourth-order valence-electron chi connectivity index (χ4n) is 4.25. The topological polar surface area (TPSA) is 22.1 Å². The molecule has 0 spiro atoms. The summed E-state index contributed by atoms with van der Waals surface area (Å²) in [5.41, 5.74) is 2.58. The van der Waals surface area contributed by atoms with Crippen molar-refractivity contribution in [2.24, 2.45) is 0 Å². The Morgan fingerprint density at radius 1 is 0.833 bits per heavy atom. The van der Waals surface area contributed by atoms with E-state index in [4.69, 9.17) is 16.3 Å². The van der Waals surface area contributed by atoms with Gasteiger partial charge in [-0.1, -0.05) is 68.5 Å². The minimum Gasteiger partial charge on any atom is -0.492 e. The Kier molecular flexibility index (Phi) is 8.87. The van der Waals surface area contributed by atoms with E-state index >= 15 is 4.39 Å². The molecule has 1 aromatic heterocycles. The Hall–Kier alpha value is -3.05. The molecule has 2 nitrogen and oxygen atoms in total. The Morgan fingerprint density at radius 3 is 2.33 bits per heavy atom. The van der Waals surface area contributed by atoms with Gasteiger partial charge in [-0.05, 0) is 66.1 Å². The number of hydrogen-bond acceptors (Lipinski definition) is 2. The standard InChI is InChI=1S/C30H29ClF3NO/c1-2-3-4-5-6-15-36-24-12-14-28(35-19-24)23-11-13-25-22(18-23)10-9-21(30(25)34)8-7-20-16-26(32)29(31)27(33)17-20/h9-14,16-19H,2-8,15H2,1H3. The van der Waals surface area contributed by atoms with Gasteiger partial charge in [0.1, 0.15) is 28.2 Å². The molecule has 0 fully saturated rings. The van der Waals surface area contributed by atoms with E-state index in [-0.39, 0.29) is 5.82 Å². The van der Waals surface area contributed by atoms with E-state index in [1.54, 1.807) is 18.3 Å². The van der Waals surface area contributed by atoms with Crippen LogP contribution in [0.2, 0.25) is 5.02 Å². The Bertz CT molecular complexity index is 1300.